The van der Waals surface area contributed by atoms with Gasteiger partial charge in [0.25, 0.3) is 0 Å². The van der Waals surface area contributed by atoms with Crippen LogP contribution in [0.1, 0.15) is 19.3 Å². The van der Waals surface area contributed by atoms with E-state index in [0.29, 0.717) is 13.0 Å². The Bertz CT molecular complexity index is 302. The van der Waals surface area contributed by atoms with Crippen LogP contribution in [0.3, 0.4) is 0 Å². The molecule has 8 nitrogen and oxygen atoms in total. The van der Waals surface area contributed by atoms with Gasteiger partial charge in [0.15, 0.2) is 0 Å². The van der Waals surface area contributed by atoms with E-state index in [9.17, 15) is 14.4 Å². The number of rotatable bonds is 7. The second-order valence-electron chi connectivity index (χ2n) is 3.55. The zero-order valence-electron chi connectivity index (χ0n) is 11.0. The van der Waals surface area contributed by atoms with Gasteiger partial charge in [-0.05, 0) is 19.4 Å². The van der Waals surface area contributed by atoms with E-state index in [2.05, 4.69) is 16.2 Å². The number of hydrogen-bond donors (Lipinski definition) is 4. The molecule has 8 heteroatoms. The van der Waals surface area contributed by atoms with Crippen molar-refractivity contribution in [3.63, 3.8) is 0 Å². The molecule has 1 atom stereocenters. The first-order valence-corrected chi connectivity index (χ1v) is 5.65. The van der Waals surface area contributed by atoms with Crippen LogP contribution >= 0.6 is 0 Å². The Labute approximate surface area is 112 Å². The van der Waals surface area contributed by atoms with E-state index in [1.165, 1.54) is 7.11 Å². The lowest BCUT2D eigenvalue weighted by Gasteiger charge is -2.07. The van der Waals surface area contributed by atoms with Crippen molar-refractivity contribution in [1.82, 2.24) is 0 Å². The molecular weight excluding hydrogens is 252 g/mol. The highest BCUT2D eigenvalue weighted by molar-refractivity contribution is 5.95. The summed E-state index contributed by atoms with van der Waals surface area (Å²) >= 11 is 0. The largest absolute Gasteiger partial charge is 0.468 e. The Morgan fingerprint density at radius 2 is 1.58 bits per heavy atom. The van der Waals surface area contributed by atoms with E-state index in [1.54, 1.807) is 0 Å². The van der Waals surface area contributed by atoms with Gasteiger partial charge in [0, 0.05) is 12.2 Å². The second-order valence-corrected chi connectivity index (χ2v) is 3.55. The van der Waals surface area contributed by atoms with Gasteiger partial charge in [0.2, 0.25) is 11.8 Å². The molecule has 8 N–H and O–H groups in total. The number of esters is 1. The number of ether oxygens (including phenoxy) is 1. The third-order valence-electron chi connectivity index (χ3n) is 1.89. The SMILES string of the molecule is COC(=O)C(N)CCCCN.NC(=O)/C=C/C(N)=O. The van der Waals surface area contributed by atoms with Crippen molar-refractivity contribution in [3.05, 3.63) is 12.2 Å². The average Bonchev–Trinajstić information content (AvgIpc) is 2.36. The zero-order valence-corrected chi connectivity index (χ0v) is 11.0. The standard InChI is InChI=1S/C7H16N2O2.C4H6N2O2/c1-11-7(10)6(9)4-2-3-5-8;5-3(7)1-2-4(6)8/h6H,2-5,8-9H2,1H3;1-2H,(H2,5,7)(H2,6,8)/b;2-1+. The van der Waals surface area contributed by atoms with Gasteiger partial charge in [0.05, 0.1) is 7.11 Å². The Balaban J connectivity index is 0. The minimum absolute atomic E-state index is 0.345. The average molecular weight is 274 g/mol. The number of nitrogens with two attached hydrogens (primary N) is 4. The van der Waals surface area contributed by atoms with Crippen LogP contribution in [0.2, 0.25) is 0 Å². The summed E-state index contributed by atoms with van der Waals surface area (Å²) in [6, 6.07) is -0.480. The number of unbranched alkanes of at least 4 members (excludes halogenated alkanes) is 1. The smallest absolute Gasteiger partial charge is 0.322 e. The molecule has 0 aromatic rings. The van der Waals surface area contributed by atoms with Crippen LogP contribution in [0.15, 0.2) is 12.2 Å². The van der Waals surface area contributed by atoms with Crippen LogP contribution in [0.4, 0.5) is 0 Å². The topological polar surface area (TPSA) is 165 Å². The van der Waals surface area contributed by atoms with E-state index < -0.39 is 17.9 Å². The van der Waals surface area contributed by atoms with Gasteiger partial charge in [-0.25, -0.2) is 0 Å². The lowest BCUT2D eigenvalue weighted by atomic mass is 10.1. The summed E-state index contributed by atoms with van der Waals surface area (Å²) in [6.07, 6.45) is 4.26. The maximum Gasteiger partial charge on any atom is 0.322 e. The third kappa shape index (κ3) is 16.1. The molecule has 0 rings (SSSR count). The predicted molar refractivity (Wildman–Crippen MR) is 70.4 cm³/mol. The fourth-order valence-electron chi connectivity index (χ4n) is 0.942. The number of hydrogen-bond acceptors (Lipinski definition) is 6. The molecule has 0 aliphatic heterocycles. The molecule has 1 unspecified atom stereocenters. The monoisotopic (exact) mass is 274 g/mol. The van der Waals surface area contributed by atoms with Crippen molar-refractivity contribution in [1.29, 1.82) is 0 Å². The first-order chi connectivity index (χ1) is 8.84. The van der Waals surface area contributed by atoms with E-state index in [4.69, 9.17) is 11.5 Å². The molecule has 19 heavy (non-hydrogen) atoms. The molecule has 0 saturated carbocycles. The first kappa shape index (κ1) is 19.4. The molecule has 2 amide bonds. The zero-order chi connectivity index (χ0) is 15.3. The summed E-state index contributed by atoms with van der Waals surface area (Å²) in [5, 5.41) is 0. The first-order valence-electron chi connectivity index (χ1n) is 5.65. The van der Waals surface area contributed by atoms with Gasteiger partial charge in [-0.1, -0.05) is 6.42 Å². The van der Waals surface area contributed by atoms with Gasteiger partial charge >= 0.3 is 5.97 Å². The predicted octanol–water partition coefficient (Wildman–Crippen LogP) is -1.87. The van der Waals surface area contributed by atoms with E-state index in [-0.39, 0.29) is 5.97 Å². The third-order valence-corrected chi connectivity index (χ3v) is 1.89. The molecule has 0 spiro atoms. The molecule has 0 radical (unpaired) electrons. The van der Waals surface area contributed by atoms with Crippen LogP contribution in [0, 0.1) is 0 Å². The quantitative estimate of drug-likeness (QED) is 0.241. The molecule has 0 fully saturated rings. The highest BCUT2D eigenvalue weighted by Crippen LogP contribution is 1.98. The molecule has 0 aromatic carbocycles. The van der Waals surface area contributed by atoms with Crippen LogP contribution in [0.25, 0.3) is 0 Å². The van der Waals surface area contributed by atoms with E-state index in [1.807, 2.05) is 0 Å². The Morgan fingerprint density at radius 1 is 1.11 bits per heavy atom. The van der Waals surface area contributed by atoms with Crippen LogP contribution in [-0.2, 0) is 19.1 Å². The summed E-state index contributed by atoms with van der Waals surface area (Å²) in [5.41, 5.74) is 19.9. The molecule has 110 valence electrons. The minimum atomic E-state index is -0.677. The number of carbonyl (C=O) groups excluding carboxylic acids is 3. The van der Waals surface area contributed by atoms with Crippen molar-refractivity contribution in [2.75, 3.05) is 13.7 Å². The van der Waals surface area contributed by atoms with E-state index >= 15 is 0 Å². The number of primary amides is 2. The van der Waals surface area contributed by atoms with Crippen molar-refractivity contribution < 1.29 is 19.1 Å². The summed E-state index contributed by atoms with van der Waals surface area (Å²) in [6.45, 7) is 0.647. The molecule has 0 aliphatic rings. The van der Waals surface area contributed by atoms with Gasteiger partial charge in [-0.15, -0.1) is 0 Å². The molecule has 0 saturated heterocycles. The molecule has 0 bridgehead atoms. The summed E-state index contributed by atoms with van der Waals surface area (Å²) in [7, 11) is 1.34. The number of amides is 2. The molecule has 0 aliphatic carbocycles. The molecule has 0 aromatic heterocycles. The number of carbonyl (C=O) groups is 3. The van der Waals surface area contributed by atoms with Gasteiger partial charge < -0.3 is 27.7 Å². The number of methoxy groups -OCH3 is 1. The fourth-order valence-corrected chi connectivity index (χ4v) is 0.942. The Hall–Kier alpha value is -1.93. The van der Waals surface area contributed by atoms with Gasteiger partial charge in [-0.3, -0.25) is 14.4 Å². The Kier molecular flexibility index (Phi) is 12.8. The highest BCUT2D eigenvalue weighted by atomic mass is 16.5. The van der Waals surface area contributed by atoms with Crippen molar-refractivity contribution in [2.24, 2.45) is 22.9 Å². The summed E-state index contributed by atoms with van der Waals surface area (Å²) in [4.78, 5) is 30.4. The van der Waals surface area contributed by atoms with Crippen LogP contribution in [-0.4, -0.2) is 37.5 Å². The van der Waals surface area contributed by atoms with Crippen LogP contribution < -0.4 is 22.9 Å². The Morgan fingerprint density at radius 3 is 1.89 bits per heavy atom. The summed E-state index contributed by atoms with van der Waals surface area (Å²) in [5.74, 6) is -1.70. The van der Waals surface area contributed by atoms with Crippen molar-refractivity contribution in [2.45, 2.75) is 25.3 Å². The van der Waals surface area contributed by atoms with Gasteiger partial charge in [-0.2, -0.15) is 0 Å². The fraction of sp³-hybridized carbons (Fsp3) is 0.545. The normalized spacial score (nSPS) is 11.3. The minimum Gasteiger partial charge on any atom is -0.468 e. The van der Waals surface area contributed by atoms with Crippen LogP contribution in [0.5, 0.6) is 0 Å². The van der Waals surface area contributed by atoms with Gasteiger partial charge in [0.1, 0.15) is 6.04 Å². The van der Waals surface area contributed by atoms with Crippen molar-refractivity contribution in [3.8, 4) is 0 Å². The second kappa shape index (κ2) is 12.5. The highest BCUT2D eigenvalue weighted by Gasteiger charge is 2.11. The lowest BCUT2D eigenvalue weighted by Crippen LogP contribution is -2.31. The maximum absolute atomic E-state index is 10.7. The molecule has 0 heterocycles. The lowest BCUT2D eigenvalue weighted by molar-refractivity contribution is -0.142. The van der Waals surface area contributed by atoms with E-state index in [0.717, 1.165) is 25.0 Å². The van der Waals surface area contributed by atoms with Crippen molar-refractivity contribution >= 4 is 17.8 Å². The maximum atomic E-state index is 10.7. The molecular formula is C11H22N4O4. The summed E-state index contributed by atoms with van der Waals surface area (Å²) < 4.78 is 4.45.